The van der Waals surface area contributed by atoms with Crippen LogP contribution in [0.25, 0.3) is 0 Å². The van der Waals surface area contributed by atoms with Gasteiger partial charge in [-0.05, 0) is 42.7 Å². The molecule has 0 unspecified atom stereocenters. The SMILES string of the molecule is CCS(=O)(=O)c1ccccc1C(=O)NCc1ccc(OC[C@H]2CCCO2)c(OC)c1. The molecular formula is C22H27NO6S. The summed E-state index contributed by atoms with van der Waals surface area (Å²) in [6.07, 6.45) is 2.14. The molecule has 1 saturated heterocycles. The van der Waals surface area contributed by atoms with Crippen LogP contribution < -0.4 is 14.8 Å². The van der Waals surface area contributed by atoms with Gasteiger partial charge >= 0.3 is 0 Å². The van der Waals surface area contributed by atoms with Crippen molar-refractivity contribution in [1.29, 1.82) is 0 Å². The lowest BCUT2D eigenvalue weighted by molar-refractivity contribution is 0.0669. The van der Waals surface area contributed by atoms with Crippen molar-refractivity contribution in [3.8, 4) is 11.5 Å². The summed E-state index contributed by atoms with van der Waals surface area (Å²) >= 11 is 0. The third-order valence-electron chi connectivity index (χ3n) is 4.98. The number of methoxy groups -OCH3 is 1. The Morgan fingerprint density at radius 2 is 2.00 bits per heavy atom. The first-order valence-electron chi connectivity index (χ1n) is 9.96. The summed E-state index contributed by atoms with van der Waals surface area (Å²) in [7, 11) is -1.94. The monoisotopic (exact) mass is 433 g/mol. The van der Waals surface area contributed by atoms with E-state index in [0.29, 0.717) is 18.1 Å². The zero-order chi connectivity index (χ0) is 21.6. The number of sulfone groups is 1. The Hall–Kier alpha value is -2.58. The van der Waals surface area contributed by atoms with E-state index >= 15 is 0 Å². The zero-order valence-electron chi connectivity index (χ0n) is 17.2. The van der Waals surface area contributed by atoms with Crippen molar-refractivity contribution in [3.05, 3.63) is 53.6 Å². The Morgan fingerprint density at radius 1 is 1.20 bits per heavy atom. The van der Waals surface area contributed by atoms with Crippen LogP contribution in [0.4, 0.5) is 0 Å². The molecule has 7 nitrogen and oxygen atoms in total. The lowest BCUT2D eigenvalue weighted by Crippen LogP contribution is -2.25. The van der Waals surface area contributed by atoms with Crippen LogP contribution >= 0.6 is 0 Å². The number of ether oxygens (including phenoxy) is 3. The van der Waals surface area contributed by atoms with Gasteiger partial charge in [-0.15, -0.1) is 0 Å². The minimum Gasteiger partial charge on any atom is -0.493 e. The molecule has 0 bridgehead atoms. The second-order valence-electron chi connectivity index (χ2n) is 7.01. The molecule has 8 heteroatoms. The fraction of sp³-hybridized carbons (Fsp3) is 0.409. The lowest BCUT2D eigenvalue weighted by Gasteiger charge is -2.15. The Labute approximate surface area is 177 Å². The van der Waals surface area contributed by atoms with Gasteiger partial charge in [0.25, 0.3) is 5.91 Å². The summed E-state index contributed by atoms with van der Waals surface area (Å²) in [5.74, 6) is 0.665. The van der Waals surface area contributed by atoms with Gasteiger partial charge in [-0.3, -0.25) is 4.79 Å². The van der Waals surface area contributed by atoms with E-state index in [1.54, 1.807) is 38.3 Å². The van der Waals surface area contributed by atoms with Gasteiger partial charge in [0.15, 0.2) is 21.3 Å². The van der Waals surface area contributed by atoms with Crippen LogP contribution in [-0.2, 0) is 21.1 Å². The molecule has 30 heavy (non-hydrogen) atoms. The van der Waals surface area contributed by atoms with Crippen molar-refractivity contribution in [3.63, 3.8) is 0 Å². The molecule has 1 heterocycles. The maximum atomic E-state index is 12.6. The number of carbonyl (C=O) groups is 1. The smallest absolute Gasteiger partial charge is 0.252 e. The first-order chi connectivity index (χ1) is 14.4. The molecule has 0 radical (unpaired) electrons. The van der Waals surface area contributed by atoms with Crippen LogP contribution in [0.15, 0.2) is 47.4 Å². The van der Waals surface area contributed by atoms with Crippen LogP contribution in [0.2, 0.25) is 0 Å². The van der Waals surface area contributed by atoms with E-state index in [4.69, 9.17) is 14.2 Å². The normalized spacial score (nSPS) is 16.3. The molecule has 1 atom stereocenters. The third kappa shape index (κ3) is 5.31. The number of nitrogens with one attached hydrogen (secondary N) is 1. The van der Waals surface area contributed by atoms with Crippen LogP contribution in [0.1, 0.15) is 35.7 Å². The fourth-order valence-corrected chi connectivity index (χ4v) is 4.35. The van der Waals surface area contributed by atoms with Crippen molar-refractivity contribution < 1.29 is 27.4 Å². The summed E-state index contributed by atoms with van der Waals surface area (Å²) in [6, 6.07) is 11.6. The largest absolute Gasteiger partial charge is 0.493 e. The molecule has 1 amide bonds. The van der Waals surface area contributed by atoms with E-state index in [1.165, 1.54) is 12.1 Å². The van der Waals surface area contributed by atoms with E-state index < -0.39 is 15.7 Å². The molecular weight excluding hydrogens is 406 g/mol. The number of rotatable bonds is 9. The number of benzene rings is 2. The van der Waals surface area contributed by atoms with Gasteiger partial charge in [-0.2, -0.15) is 0 Å². The third-order valence-corrected chi connectivity index (χ3v) is 6.76. The van der Waals surface area contributed by atoms with Crippen molar-refractivity contribution >= 4 is 15.7 Å². The first kappa shape index (κ1) is 22.1. The molecule has 0 saturated carbocycles. The highest BCUT2D eigenvalue weighted by molar-refractivity contribution is 7.91. The van der Waals surface area contributed by atoms with Crippen molar-refractivity contribution in [2.24, 2.45) is 0 Å². The fourth-order valence-electron chi connectivity index (χ4n) is 3.26. The van der Waals surface area contributed by atoms with E-state index in [1.807, 2.05) is 6.07 Å². The van der Waals surface area contributed by atoms with E-state index in [2.05, 4.69) is 5.32 Å². The first-order valence-corrected chi connectivity index (χ1v) is 11.6. The van der Waals surface area contributed by atoms with Crippen molar-refractivity contribution in [1.82, 2.24) is 5.32 Å². The Balaban J connectivity index is 1.66. The van der Waals surface area contributed by atoms with Gasteiger partial charge in [0, 0.05) is 13.2 Å². The van der Waals surface area contributed by atoms with Gasteiger partial charge in [-0.25, -0.2) is 8.42 Å². The average molecular weight is 434 g/mol. The summed E-state index contributed by atoms with van der Waals surface area (Å²) in [6.45, 7) is 3.02. The molecule has 2 aromatic carbocycles. The van der Waals surface area contributed by atoms with Crippen LogP contribution in [0.3, 0.4) is 0 Å². The molecule has 162 valence electrons. The van der Waals surface area contributed by atoms with Crippen molar-refractivity contribution in [2.45, 2.75) is 37.3 Å². The average Bonchev–Trinajstić information content (AvgIpc) is 3.30. The molecule has 0 aromatic heterocycles. The van der Waals surface area contributed by atoms with Crippen LogP contribution in [-0.4, -0.2) is 46.5 Å². The van der Waals surface area contributed by atoms with Crippen LogP contribution in [0, 0.1) is 0 Å². The predicted molar refractivity (Wildman–Crippen MR) is 113 cm³/mol. The number of hydrogen-bond donors (Lipinski definition) is 1. The van der Waals surface area contributed by atoms with Gasteiger partial charge in [0.1, 0.15) is 6.61 Å². The van der Waals surface area contributed by atoms with E-state index in [-0.39, 0.29) is 28.9 Å². The molecule has 1 N–H and O–H groups in total. The standard InChI is InChI=1S/C22H27NO6S/c1-3-30(25,26)21-9-5-4-8-18(21)22(24)23-14-16-10-11-19(20(13-16)27-2)29-15-17-7-6-12-28-17/h4-5,8-11,13,17H,3,6-7,12,14-15H2,1-2H3,(H,23,24)/t17-/m1/s1. The quantitative estimate of drug-likeness (QED) is 0.654. The van der Waals surface area contributed by atoms with E-state index in [0.717, 1.165) is 25.0 Å². The minimum atomic E-state index is -3.49. The summed E-state index contributed by atoms with van der Waals surface area (Å²) in [5.41, 5.74) is 0.948. The Kier molecular flexibility index (Phi) is 7.33. The Morgan fingerprint density at radius 3 is 2.70 bits per heavy atom. The topological polar surface area (TPSA) is 90.9 Å². The number of carbonyl (C=O) groups excluding carboxylic acids is 1. The second-order valence-corrected chi connectivity index (χ2v) is 9.26. The number of amides is 1. The number of hydrogen-bond acceptors (Lipinski definition) is 6. The predicted octanol–water partition coefficient (Wildman–Crippen LogP) is 2.98. The maximum Gasteiger partial charge on any atom is 0.252 e. The molecule has 1 aliphatic rings. The highest BCUT2D eigenvalue weighted by Gasteiger charge is 2.21. The van der Waals surface area contributed by atoms with Gasteiger partial charge < -0.3 is 19.5 Å². The van der Waals surface area contributed by atoms with E-state index in [9.17, 15) is 13.2 Å². The summed E-state index contributed by atoms with van der Waals surface area (Å²) < 4.78 is 41.3. The zero-order valence-corrected chi connectivity index (χ0v) is 18.0. The molecule has 1 fully saturated rings. The Bertz CT molecular complexity index is 983. The van der Waals surface area contributed by atoms with Gasteiger partial charge in [-0.1, -0.05) is 25.1 Å². The maximum absolute atomic E-state index is 12.6. The highest BCUT2D eigenvalue weighted by atomic mass is 32.2. The summed E-state index contributed by atoms with van der Waals surface area (Å²) in [5, 5.41) is 2.78. The van der Waals surface area contributed by atoms with Gasteiger partial charge in [0.05, 0.1) is 29.4 Å². The molecule has 0 spiro atoms. The van der Waals surface area contributed by atoms with Crippen molar-refractivity contribution in [2.75, 3.05) is 26.1 Å². The highest BCUT2D eigenvalue weighted by Crippen LogP contribution is 2.29. The second kappa shape index (κ2) is 9.95. The molecule has 0 aliphatic carbocycles. The molecule has 1 aliphatic heterocycles. The molecule has 3 rings (SSSR count). The lowest BCUT2D eigenvalue weighted by atomic mass is 10.1. The molecule has 2 aromatic rings. The van der Waals surface area contributed by atoms with Crippen LogP contribution in [0.5, 0.6) is 11.5 Å². The minimum absolute atomic E-state index is 0.0421. The van der Waals surface area contributed by atoms with Gasteiger partial charge in [0.2, 0.25) is 0 Å². The summed E-state index contributed by atoms with van der Waals surface area (Å²) in [4.78, 5) is 12.7.